The first kappa shape index (κ1) is 23.6. The number of amides is 1. The van der Waals surface area contributed by atoms with Crippen molar-refractivity contribution in [3.8, 4) is 11.1 Å². The summed E-state index contributed by atoms with van der Waals surface area (Å²) in [6.45, 7) is 4.17. The van der Waals surface area contributed by atoms with Gasteiger partial charge >= 0.3 is 0 Å². The zero-order valence-electron chi connectivity index (χ0n) is 21.5. The van der Waals surface area contributed by atoms with E-state index in [0.29, 0.717) is 17.0 Å². The number of anilines is 1. The summed E-state index contributed by atoms with van der Waals surface area (Å²) >= 11 is 0. The van der Waals surface area contributed by atoms with Crippen molar-refractivity contribution in [3.05, 3.63) is 47.7 Å². The maximum absolute atomic E-state index is 13.3. The monoisotopic (exact) mass is 502 g/mol. The summed E-state index contributed by atoms with van der Waals surface area (Å²) in [5.41, 5.74) is 9.56. The summed E-state index contributed by atoms with van der Waals surface area (Å²) in [6, 6.07) is 11.5. The lowest BCUT2D eigenvalue weighted by molar-refractivity contribution is -0.0702. The molecule has 3 heterocycles. The average molecular weight is 503 g/mol. The van der Waals surface area contributed by atoms with Crippen LogP contribution in [-0.2, 0) is 10.2 Å². The summed E-state index contributed by atoms with van der Waals surface area (Å²) in [5.74, 6) is 0.871. The fourth-order valence-electron chi connectivity index (χ4n) is 7.77. The third-order valence-corrected chi connectivity index (χ3v) is 10.4. The third kappa shape index (κ3) is 4.06. The van der Waals surface area contributed by atoms with Crippen LogP contribution in [0.15, 0.2) is 36.5 Å². The molecule has 4 saturated carbocycles. The maximum Gasteiger partial charge on any atom is 0.255 e. The summed E-state index contributed by atoms with van der Waals surface area (Å²) < 4.78 is 5.57. The number of carbonyl (C=O) groups excluding carboxylic acids is 1. The summed E-state index contributed by atoms with van der Waals surface area (Å²) in [6.07, 6.45) is 10.1. The lowest BCUT2D eigenvalue weighted by Crippen LogP contribution is -2.58. The molecule has 8 rings (SSSR count). The Morgan fingerprint density at radius 1 is 1.05 bits per heavy atom. The number of hydrogen-bond donors (Lipinski definition) is 3. The van der Waals surface area contributed by atoms with Crippen LogP contribution >= 0.6 is 0 Å². The van der Waals surface area contributed by atoms with Gasteiger partial charge in [-0.1, -0.05) is 24.3 Å². The molecular formula is C30H38N4O3. The number of aliphatic hydroxyl groups is 1. The Hall–Kier alpha value is -2.48. The molecule has 37 heavy (non-hydrogen) atoms. The molecule has 2 aliphatic heterocycles. The Balaban J connectivity index is 1.06. The smallest absolute Gasteiger partial charge is 0.255 e. The molecule has 0 spiro atoms. The van der Waals surface area contributed by atoms with E-state index in [1.807, 2.05) is 6.07 Å². The molecule has 1 aromatic heterocycles. The summed E-state index contributed by atoms with van der Waals surface area (Å²) in [7, 11) is 0. The topological polar surface area (TPSA) is 101 Å². The van der Waals surface area contributed by atoms with Crippen LogP contribution in [0.1, 0.15) is 73.7 Å². The Morgan fingerprint density at radius 3 is 2.46 bits per heavy atom. The molecule has 1 aromatic carbocycles. The molecule has 0 radical (unpaired) electrons. The number of nitrogen functional groups attached to an aromatic ring is 1. The number of nitrogens with two attached hydrogens (primary N) is 1. The van der Waals surface area contributed by atoms with Crippen molar-refractivity contribution < 1.29 is 14.6 Å². The quantitative estimate of drug-likeness (QED) is 0.577. The SMILES string of the molecule is Nc1ncc(-c2ccc([C@@]34C[C@@H]3CN(C3CCOCC3)C4)cc2)cc1C(=O)NC12CCC(O)(CC1)CC2. The number of hydrogen-bond acceptors (Lipinski definition) is 6. The molecule has 7 nitrogen and oxygen atoms in total. The molecule has 2 bridgehead atoms. The summed E-state index contributed by atoms with van der Waals surface area (Å²) in [4.78, 5) is 20.4. The molecule has 2 saturated heterocycles. The van der Waals surface area contributed by atoms with Crippen LogP contribution in [0.5, 0.6) is 0 Å². The number of nitrogens with one attached hydrogen (secondary N) is 1. The Kier molecular flexibility index (Phi) is 5.44. The number of benzene rings is 1. The predicted molar refractivity (Wildman–Crippen MR) is 142 cm³/mol. The fourth-order valence-corrected chi connectivity index (χ4v) is 7.77. The van der Waals surface area contributed by atoms with Gasteiger partial charge in [-0.15, -0.1) is 0 Å². The van der Waals surface area contributed by atoms with Crippen molar-refractivity contribution >= 4 is 11.7 Å². The minimum atomic E-state index is -0.527. The number of ether oxygens (including phenoxy) is 1. The highest BCUT2D eigenvalue weighted by atomic mass is 16.5. The predicted octanol–water partition coefficient (Wildman–Crippen LogP) is 3.65. The van der Waals surface area contributed by atoms with Crippen molar-refractivity contribution in [2.24, 2.45) is 5.92 Å². The standard InChI is InChI=1S/C30H38N4O3/c31-26-25(27(35)33-28-7-10-29(36,11-8-28)12-9-28)15-21(17-32-26)20-1-3-22(4-2-20)30-16-23(30)18-34(19-30)24-5-13-37-14-6-24/h1-4,15,17,23-24,36H,5-14,16,18-19H2,(H2,31,32)(H,33,35)/t23-,28?,29?,30+/m1/s1. The van der Waals surface area contributed by atoms with Gasteiger partial charge in [0.25, 0.3) is 5.91 Å². The van der Waals surface area contributed by atoms with Crippen molar-refractivity contribution in [2.75, 3.05) is 32.0 Å². The van der Waals surface area contributed by atoms with Crippen LogP contribution in [0.25, 0.3) is 11.1 Å². The minimum absolute atomic E-state index is 0.158. The molecule has 4 aliphatic carbocycles. The largest absolute Gasteiger partial charge is 0.390 e. The molecule has 196 valence electrons. The second-order valence-corrected chi connectivity index (χ2v) is 12.5. The van der Waals surface area contributed by atoms with Crippen LogP contribution in [0.4, 0.5) is 5.82 Å². The van der Waals surface area contributed by atoms with Gasteiger partial charge in [-0.25, -0.2) is 4.98 Å². The van der Waals surface area contributed by atoms with E-state index in [2.05, 4.69) is 39.5 Å². The van der Waals surface area contributed by atoms with Crippen LogP contribution < -0.4 is 11.1 Å². The number of likely N-dealkylation sites (tertiary alicyclic amines) is 1. The number of piperidine rings is 1. The second-order valence-electron chi connectivity index (χ2n) is 12.5. The van der Waals surface area contributed by atoms with Gasteiger partial charge in [-0.2, -0.15) is 0 Å². The Labute approximate surface area is 218 Å². The van der Waals surface area contributed by atoms with Crippen molar-refractivity contribution in [1.82, 2.24) is 15.2 Å². The number of rotatable bonds is 5. The number of carbonyl (C=O) groups is 1. The zero-order valence-corrected chi connectivity index (χ0v) is 21.5. The van der Waals surface area contributed by atoms with Crippen LogP contribution in [0, 0.1) is 5.92 Å². The van der Waals surface area contributed by atoms with E-state index in [9.17, 15) is 9.90 Å². The van der Waals surface area contributed by atoms with Crippen molar-refractivity contribution in [2.45, 2.75) is 80.4 Å². The lowest BCUT2D eigenvalue weighted by atomic mass is 9.63. The lowest BCUT2D eigenvalue weighted by Gasteiger charge is -2.51. The van der Waals surface area contributed by atoms with E-state index >= 15 is 0 Å². The molecule has 2 atom stereocenters. The minimum Gasteiger partial charge on any atom is -0.390 e. The number of aromatic nitrogens is 1. The first-order valence-electron chi connectivity index (χ1n) is 14.1. The van der Waals surface area contributed by atoms with E-state index < -0.39 is 5.60 Å². The van der Waals surface area contributed by atoms with E-state index in [0.717, 1.165) is 88.2 Å². The van der Waals surface area contributed by atoms with Crippen molar-refractivity contribution in [1.29, 1.82) is 0 Å². The highest BCUT2D eigenvalue weighted by Gasteiger charge is 2.61. The van der Waals surface area contributed by atoms with Crippen LogP contribution in [0.3, 0.4) is 0 Å². The van der Waals surface area contributed by atoms with Gasteiger partial charge in [0.15, 0.2) is 0 Å². The first-order chi connectivity index (χ1) is 17.9. The van der Waals surface area contributed by atoms with Crippen LogP contribution in [0.2, 0.25) is 0 Å². The number of fused-ring (bicyclic) bond motifs is 4. The van der Waals surface area contributed by atoms with Gasteiger partial charge in [0, 0.05) is 55.1 Å². The molecule has 2 aromatic rings. The Morgan fingerprint density at radius 2 is 1.76 bits per heavy atom. The molecule has 7 heteroatoms. The van der Waals surface area contributed by atoms with Crippen molar-refractivity contribution in [3.63, 3.8) is 0 Å². The van der Waals surface area contributed by atoms with E-state index in [1.54, 1.807) is 6.20 Å². The van der Waals surface area contributed by atoms with E-state index in [1.165, 1.54) is 18.5 Å². The molecular weight excluding hydrogens is 464 g/mol. The fraction of sp³-hybridized carbons (Fsp3) is 0.600. The highest BCUT2D eigenvalue weighted by molar-refractivity contribution is 5.99. The molecule has 0 unspecified atom stereocenters. The van der Waals surface area contributed by atoms with Gasteiger partial charge in [0.1, 0.15) is 5.82 Å². The summed E-state index contributed by atoms with van der Waals surface area (Å²) in [5, 5.41) is 13.8. The average Bonchev–Trinajstić information content (AvgIpc) is 3.50. The van der Waals surface area contributed by atoms with Gasteiger partial charge in [0.05, 0.1) is 11.2 Å². The zero-order chi connectivity index (χ0) is 25.3. The van der Waals surface area contributed by atoms with Gasteiger partial charge in [-0.3, -0.25) is 9.69 Å². The number of nitrogens with zero attached hydrogens (tertiary/aromatic N) is 2. The highest BCUT2D eigenvalue weighted by Crippen LogP contribution is 2.59. The molecule has 6 fully saturated rings. The van der Waals surface area contributed by atoms with E-state index in [-0.39, 0.29) is 17.3 Å². The van der Waals surface area contributed by atoms with Gasteiger partial charge in [0.2, 0.25) is 0 Å². The molecule has 1 amide bonds. The first-order valence-corrected chi connectivity index (χ1v) is 14.1. The molecule has 4 N–H and O–H groups in total. The normalized spacial score (nSPS) is 35.3. The van der Waals surface area contributed by atoms with Crippen LogP contribution in [-0.4, -0.2) is 64.4 Å². The third-order valence-electron chi connectivity index (χ3n) is 10.4. The number of pyridine rings is 1. The van der Waals surface area contributed by atoms with Gasteiger partial charge < -0.3 is 20.9 Å². The van der Waals surface area contributed by atoms with Gasteiger partial charge in [-0.05, 0) is 80.9 Å². The molecule has 6 aliphatic rings. The van der Waals surface area contributed by atoms with E-state index in [4.69, 9.17) is 10.5 Å². The Bertz CT molecular complexity index is 1180. The maximum atomic E-state index is 13.3. The second kappa shape index (κ2) is 8.52.